The van der Waals surface area contributed by atoms with E-state index in [0.717, 1.165) is 83.5 Å². The Labute approximate surface area is 498 Å². The summed E-state index contributed by atoms with van der Waals surface area (Å²) in [5.74, 6) is -0.864. The summed E-state index contributed by atoms with van der Waals surface area (Å²) in [7, 11) is 0. The van der Waals surface area contributed by atoms with Crippen LogP contribution in [0.3, 0.4) is 0 Å². The molecule has 0 bridgehead atoms. The SMILES string of the molecule is CCCCCCC/C=C\C/C=C\C/C=C\CCCCCCCCC(=O)OC(COC(=O)CCCCCCCCCCCCCCCC)COC(=O)CCCCCCCCCCCCCCCCC/C=C\C/C=C\CCCCCCC. The number of ether oxygens (including phenoxy) is 3. The molecule has 0 aliphatic rings. The number of esters is 3. The van der Waals surface area contributed by atoms with Crippen LogP contribution in [0.5, 0.6) is 0 Å². The van der Waals surface area contributed by atoms with Gasteiger partial charge in [0.25, 0.3) is 0 Å². The van der Waals surface area contributed by atoms with Crippen LogP contribution in [-0.2, 0) is 28.6 Å². The Kier molecular flexibility index (Phi) is 66.1. The van der Waals surface area contributed by atoms with Gasteiger partial charge in [-0.1, -0.05) is 326 Å². The molecule has 0 saturated heterocycles. The third-order valence-electron chi connectivity index (χ3n) is 15.7. The van der Waals surface area contributed by atoms with Crippen molar-refractivity contribution in [3.63, 3.8) is 0 Å². The van der Waals surface area contributed by atoms with Gasteiger partial charge in [-0.05, 0) is 89.9 Å². The van der Waals surface area contributed by atoms with Crippen molar-refractivity contribution in [2.45, 2.75) is 380 Å². The molecule has 0 fully saturated rings. The molecule has 0 spiro atoms. The van der Waals surface area contributed by atoms with Crippen LogP contribution in [0.15, 0.2) is 60.8 Å². The molecular weight excluding hydrogens is 985 g/mol. The first-order chi connectivity index (χ1) is 39.5. The number of hydrogen-bond acceptors (Lipinski definition) is 6. The van der Waals surface area contributed by atoms with Gasteiger partial charge in [-0.25, -0.2) is 0 Å². The van der Waals surface area contributed by atoms with Crippen molar-refractivity contribution < 1.29 is 28.6 Å². The smallest absolute Gasteiger partial charge is 0.306 e. The van der Waals surface area contributed by atoms with E-state index in [2.05, 4.69) is 81.5 Å². The average Bonchev–Trinajstić information content (AvgIpc) is 3.46. The first-order valence-electron chi connectivity index (χ1n) is 35.3. The average molecular weight is 1120 g/mol. The Bertz CT molecular complexity index is 1430. The number of hydrogen-bond donors (Lipinski definition) is 0. The fourth-order valence-corrected chi connectivity index (χ4v) is 10.4. The highest BCUT2D eigenvalue weighted by Crippen LogP contribution is 2.18. The summed E-state index contributed by atoms with van der Waals surface area (Å²) < 4.78 is 17.0. The lowest BCUT2D eigenvalue weighted by atomic mass is 10.0. The van der Waals surface area contributed by atoms with Crippen LogP contribution in [0.1, 0.15) is 374 Å². The van der Waals surface area contributed by atoms with Crippen molar-refractivity contribution in [2.24, 2.45) is 0 Å². The molecule has 1 unspecified atom stereocenters. The molecule has 0 aromatic rings. The predicted octanol–water partition coefficient (Wildman–Crippen LogP) is 24.3. The number of unbranched alkanes of at least 4 members (excludes halogenated alkanes) is 44. The van der Waals surface area contributed by atoms with E-state index < -0.39 is 6.10 Å². The first-order valence-corrected chi connectivity index (χ1v) is 35.3. The Balaban J connectivity index is 4.28. The van der Waals surface area contributed by atoms with Gasteiger partial charge in [0, 0.05) is 19.3 Å². The zero-order valence-electron chi connectivity index (χ0n) is 53.6. The largest absolute Gasteiger partial charge is 0.462 e. The second-order valence-electron chi connectivity index (χ2n) is 23.8. The van der Waals surface area contributed by atoms with Crippen LogP contribution in [0, 0.1) is 0 Å². The summed E-state index contributed by atoms with van der Waals surface area (Å²) in [4.78, 5) is 38.4. The molecule has 0 radical (unpaired) electrons. The van der Waals surface area contributed by atoms with Gasteiger partial charge in [0.2, 0.25) is 0 Å². The molecule has 0 saturated carbocycles. The van der Waals surface area contributed by atoms with E-state index in [1.807, 2.05) is 0 Å². The molecule has 0 rings (SSSR count). The van der Waals surface area contributed by atoms with Crippen molar-refractivity contribution in [3.05, 3.63) is 60.8 Å². The molecule has 0 N–H and O–H groups in total. The Morgan fingerprint density at radius 2 is 0.450 bits per heavy atom. The van der Waals surface area contributed by atoms with E-state index in [1.54, 1.807) is 0 Å². The minimum Gasteiger partial charge on any atom is -0.462 e. The lowest BCUT2D eigenvalue weighted by Crippen LogP contribution is -2.30. The maximum Gasteiger partial charge on any atom is 0.306 e. The second kappa shape index (κ2) is 68.6. The van der Waals surface area contributed by atoms with Gasteiger partial charge in [0.15, 0.2) is 6.10 Å². The molecule has 0 aromatic heterocycles. The molecule has 6 heteroatoms. The first kappa shape index (κ1) is 77.1. The monoisotopic (exact) mass is 1120 g/mol. The fraction of sp³-hybridized carbons (Fsp3) is 0.824. The van der Waals surface area contributed by atoms with E-state index in [9.17, 15) is 14.4 Å². The molecule has 6 nitrogen and oxygen atoms in total. The van der Waals surface area contributed by atoms with Crippen molar-refractivity contribution in [2.75, 3.05) is 13.2 Å². The normalized spacial score (nSPS) is 12.4. The highest BCUT2D eigenvalue weighted by molar-refractivity contribution is 5.71. The van der Waals surface area contributed by atoms with Crippen LogP contribution in [0.2, 0.25) is 0 Å². The summed E-state index contributed by atoms with van der Waals surface area (Å²) in [5, 5.41) is 0. The molecule has 0 aliphatic heterocycles. The lowest BCUT2D eigenvalue weighted by molar-refractivity contribution is -0.167. The van der Waals surface area contributed by atoms with Crippen LogP contribution >= 0.6 is 0 Å². The van der Waals surface area contributed by atoms with Gasteiger partial charge in [-0.3, -0.25) is 14.4 Å². The summed E-state index contributed by atoms with van der Waals surface area (Å²) >= 11 is 0. The molecule has 0 amide bonds. The Morgan fingerprint density at radius 3 is 0.700 bits per heavy atom. The highest BCUT2D eigenvalue weighted by atomic mass is 16.6. The van der Waals surface area contributed by atoms with E-state index in [0.29, 0.717) is 19.3 Å². The molecule has 0 aliphatic carbocycles. The lowest BCUT2D eigenvalue weighted by Gasteiger charge is -2.18. The second-order valence-corrected chi connectivity index (χ2v) is 23.8. The van der Waals surface area contributed by atoms with E-state index >= 15 is 0 Å². The number of allylic oxidation sites excluding steroid dienone is 10. The fourth-order valence-electron chi connectivity index (χ4n) is 10.4. The summed E-state index contributed by atoms with van der Waals surface area (Å²) in [6, 6.07) is 0. The molecular formula is C74H134O6. The Morgan fingerprint density at radius 1 is 0.250 bits per heavy atom. The van der Waals surface area contributed by atoms with Gasteiger partial charge in [0.1, 0.15) is 13.2 Å². The zero-order chi connectivity index (χ0) is 57.8. The van der Waals surface area contributed by atoms with Gasteiger partial charge in [-0.2, -0.15) is 0 Å². The quantitative estimate of drug-likeness (QED) is 0.0261. The van der Waals surface area contributed by atoms with Crippen molar-refractivity contribution in [1.29, 1.82) is 0 Å². The zero-order valence-corrected chi connectivity index (χ0v) is 53.6. The summed E-state index contributed by atoms with van der Waals surface area (Å²) in [6.45, 7) is 6.67. The minimum absolute atomic E-state index is 0.0753. The molecule has 466 valence electrons. The van der Waals surface area contributed by atoms with E-state index in [1.165, 1.54) is 250 Å². The van der Waals surface area contributed by atoms with Crippen LogP contribution in [0.25, 0.3) is 0 Å². The number of carbonyl (C=O) groups excluding carboxylic acids is 3. The molecule has 1 atom stereocenters. The maximum atomic E-state index is 12.9. The van der Waals surface area contributed by atoms with Gasteiger partial charge in [0.05, 0.1) is 0 Å². The van der Waals surface area contributed by atoms with Gasteiger partial charge in [-0.15, -0.1) is 0 Å². The third kappa shape index (κ3) is 65.9. The number of rotatable bonds is 65. The summed E-state index contributed by atoms with van der Waals surface area (Å²) in [5.41, 5.74) is 0. The Hall–Kier alpha value is -2.89. The van der Waals surface area contributed by atoms with Crippen molar-refractivity contribution in [3.8, 4) is 0 Å². The van der Waals surface area contributed by atoms with Gasteiger partial charge >= 0.3 is 17.9 Å². The van der Waals surface area contributed by atoms with E-state index in [-0.39, 0.29) is 31.1 Å². The van der Waals surface area contributed by atoms with E-state index in [4.69, 9.17) is 14.2 Å². The third-order valence-corrected chi connectivity index (χ3v) is 15.7. The van der Waals surface area contributed by atoms with Gasteiger partial charge < -0.3 is 14.2 Å². The molecule has 80 heavy (non-hydrogen) atoms. The standard InChI is InChI=1S/C74H134O6/c1-4-7-10-13-16-19-22-25-28-30-32-34-35-36-37-38-39-41-42-44-46-49-52-55-58-61-64-67-73(76)79-70-71(69-78-72(75)66-63-60-57-54-51-48-27-24-21-18-15-12-9-6-3)80-74(77)68-65-62-59-56-53-50-47-45-43-40-33-31-29-26-23-20-17-14-11-8-5-2/h22-23,25-26,30-33,43,45,71H,4-21,24,27-29,34-42,44,46-70H2,1-3H3/b25-22-,26-23-,32-30-,33-31-,45-43-. The topological polar surface area (TPSA) is 78.9 Å². The van der Waals surface area contributed by atoms with Crippen LogP contribution < -0.4 is 0 Å². The van der Waals surface area contributed by atoms with Crippen LogP contribution in [-0.4, -0.2) is 37.2 Å². The highest BCUT2D eigenvalue weighted by Gasteiger charge is 2.19. The number of carbonyl (C=O) groups is 3. The van der Waals surface area contributed by atoms with Crippen molar-refractivity contribution >= 4 is 17.9 Å². The molecule has 0 aromatic carbocycles. The molecule has 0 heterocycles. The maximum absolute atomic E-state index is 12.9. The minimum atomic E-state index is -0.781. The predicted molar refractivity (Wildman–Crippen MR) is 348 cm³/mol. The van der Waals surface area contributed by atoms with Crippen molar-refractivity contribution in [1.82, 2.24) is 0 Å². The van der Waals surface area contributed by atoms with Crippen LogP contribution in [0.4, 0.5) is 0 Å². The summed E-state index contributed by atoms with van der Waals surface area (Å²) in [6.07, 6.45) is 88.1.